The number of imide groups is 1. The molecule has 8 nitrogen and oxygen atoms in total. The van der Waals surface area contributed by atoms with E-state index in [-0.39, 0.29) is 30.2 Å². The molecule has 0 bridgehead atoms. The summed E-state index contributed by atoms with van der Waals surface area (Å²) >= 11 is 3.32. The van der Waals surface area contributed by atoms with Crippen molar-refractivity contribution in [2.75, 3.05) is 18.1 Å². The Balaban J connectivity index is 1.63. The lowest BCUT2D eigenvalue weighted by atomic mass is 9.97. The van der Waals surface area contributed by atoms with Gasteiger partial charge in [0.15, 0.2) is 0 Å². The molecular formula is C27H29BrN2O6S. The zero-order chi connectivity index (χ0) is 26.6. The minimum atomic E-state index is -4.06. The molecule has 1 atom stereocenters. The van der Waals surface area contributed by atoms with Gasteiger partial charge in [0.25, 0.3) is 5.91 Å². The summed E-state index contributed by atoms with van der Waals surface area (Å²) in [6, 6.07) is 11.0. The fourth-order valence-electron chi connectivity index (χ4n) is 4.64. The number of rotatable bonds is 9. The summed E-state index contributed by atoms with van der Waals surface area (Å²) in [7, 11) is -4.06. The summed E-state index contributed by atoms with van der Waals surface area (Å²) < 4.78 is 34.4. The van der Waals surface area contributed by atoms with Crippen LogP contribution in [0.1, 0.15) is 55.8 Å². The van der Waals surface area contributed by atoms with Crippen molar-refractivity contribution in [1.29, 1.82) is 0 Å². The van der Waals surface area contributed by atoms with Crippen molar-refractivity contribution in [2.45, 2.75) is 56.4 Å². The number of halogens is 1. The zero-order valence-electron chi connectivity index (χ0n) is 20.6. The Morgan fingerprint density at radius 2 is 1.78 bits per heavy atom. The fourth-order valence-corrected chi connectivity index (χ4v) is 6.49. The van der Waals surface area contributed by atoms with Crippen molar-refractivity contribution >= 4 is 49.4 Å². The van der Waals surface area contributed by atoms with Gasteiger partial charge in [0, 0.05) is 11.0 Å². The zero-order valence-corrected chi connectivity index (χ0v) is 23.0. The van der Waals surface area contributed by atoms with Crippen LogP contribution in [0.15, 0.2) is 69.5 Å². The standard InChI is InChI=1S/C27H29BrN2O6S/c1-2-36-27(33)20-8-12-22(13-9-20)30-25(31)18-24(26(30)32)29(17-16-19-6-4-3-5-7-19)37(34,35)23-14-10-21(28)11-15-23/h6,8-15,24H,2-5,7,16-18H2,1H3. The van der Waals surface area contributed by atoms with E-state index < -0.39 is 33.8 Å². The number of sulfonamides is 1. The first-order chi connectivity index (χ1) is 17.7. The van der Waals surface area contributed by atoms with E-state index in [0.29, 0.717) is 12.0 Å². The van der Waals surface area contributed by atoms with Crippen molar-refractivity contribution < 1.29 is 27.5 Å². The van der Waals surface area contributed by atoms with E-state index in [4.69, 9.17) is 4.74 Å². The molecule has 1 aliphatic carbocycles. The van der Waals surface area contributed by atoms with Crippen LogP contribution in [0, 0.1) is 0 Å². The molecule has 10 heteroatoms. The number of allylic oxidation sites excluding steroid dienone is 1. The van der Waals surface area contributed by atoms with Gasteiger partial charge in [-0.15, -0.1) is 0 Å². The van der Waals surface area contributed by atoms with Gasteiger partial charge < -0.3 is 4.74 Å². The lowest BCUT2D eigenvalue weighted by Gasteiger charge is -2.28. The fraction of sp³-hybridized carbons (Fsp3) is 0.370. The molecule has 2 aromatic carbocycles. The molecular weight excluding hydrogens is 560 g/mol. The molecule has 1 aliphatic heterocycles. The van der Waals surface area contributed by atoms with E-state index >= 15 is 0 Å². The van der Waals surface area contributed by atoms with Crippen molar-refractivity contribution in [2.24, 2.45) is 0 Å². The first kappa shape index (κ1) is 27.2. The van der Waals surface area contributed by atoms with Crippen LogP contribution < -0.4 is 4.90 Å². The van der Waals surface area contributed by atoms with Crippen molar-refractivity contribution in [1.82, 2.24) is 4.31 Å². The van der Waals surface area contributed by atoms with E-state index in [1.54, 1.807) is 19.1 Å². The van der Waals surface area contributed by atoms with Gasteiger partial charge in [0.1, 0.15) is 6.04 Å². The van der Waals surface area contributed by atoms with Gasteiger partial charge in [-0.1, -0.05) is 27.6 Å². The maximum atomic E-state index is 13.7. The molecule has 1 heterocycles. The van der Waals surface area contributed by atoms with Gasteiger partial charge in [0.2, 0.25) is 15.9 Å². The highest BCUT2D eigenvalue weighted by Crippen LogP contribution is 2.31. The predicted molar refractivity (Wildman–Crippen MR) is 142 cm³/mol. The van der Waals surface area contributed by atoms with Gasteiger partial charge >= 0.3 is 5.97 Å². The van der Waals surface area contributed by atoms with Crippen LogP contribution in [0.3, 0.4) is 0 Å². The number of hydrogen-bond acceptors (Lipinski definition) is 6. The molecule has 0 N–H and O–H groups in total. The third kappa shape index (κ3) is 6.02. The quantitative estimate of drug-likeness (QED) is 0.236. The number of carbonyl (C=O) groups excluding carboxylic acids is 3. The van der Waals surface area contributed by atoms with E-state index in [1.165, 1.54) is 46.3 Å². The Morgan fingerprint density at radius 1 is 1.08 bits per heavy atom. The lowest BCUT2D eigenvalue weighted by molar-refractivity contribution is -0.122. The summed E-state index contributed by atoms with van der Waals surface area (Å²) in [5.41, 5.74) is 1.74. The second-order valence-electron chi connectivity index (χ2n) is 8.98. The second-order valence-corrected chi connectivity index (χ2v) is 11.8. The van der Waals surface area contributed by atoms with Crippen molar-refractivity contribution in [3.05, 3.63) is 70.2 Å². The maximum absolute atomic E-state index is 13.7. The van der Waals surface area contributed by atoms with Crippen LogP contribution in [0.5, 0.6) is 0 Å². The Kier molecular flexibility index (Phi) is 8.61. The Hall–Kier alpha value is -2.82. The average Bonchev–Trinajstić information content (AvgIpc) is 3.18. The molecule has 4 rings (SSSR count). The first-order valence-electron chi connectivity index (χ1n) is 12.3. The third-order valence-electron chi connectivity index (χ3n) is 6.57. The molecule has 196 valence electrons. The van der Waals surface area contributed by atoms with E-state index in [0.717, 1.165) is 35.1 Å². The van der Waals surface area contributed by atoms with Crippen LogP contribution in [0.25, 0.3) is 0 Å². The molecule has 0 radical (unpaired) electrons. The number of nitrogens with zero attached hydrogens (tertiary/aromatic N) is 2. The maximum Gasteiger partial charge on any atom is 0.338 e. The largest absolute Gasteiger partial charge is 0.462 e. The smallest absolute Gasteiger partial charge is 0.338 e. The molecule has 0 aromatic heterocycles. The Labute approximate surface area is 225 Å². The summed E-state index contributed by atoms with van der Waals surface area (Å²) in [6.45, 7) is 2.03. The number of amides is 2. The SMILES string of the molecule is CCOC(=O)c1ccc(N2C(=O)CC(N(CCC3=CCCCC3)S(=O)(=O)c3ccc(Br)cc3)C2=O)cc1. The molecule has 2 aliphatic rings. The molecule has 1 fully saturated rings. The van der Waals surface area contributed by atoms with Gasteiger partial charge in [-0.05, 0) is 87.6 Å². The highest BCUT2D eigenvalue weighted by atomic mass is 79.9. The third-order valence-corrected chi connectivity index (χ3v) is 9.02. The second kappa shape index (κ2) is 11.7. The number of ether oxygens (including phenoxy) is 1. The molecule has 37 heavy (non-hydrogen) atoms. The van der Waals surface area contributed by atoms with Crippen molar-refractivity contribution in [3.63, 3.8) is 0 Å². The van der Waals surface area contributed by atoms with Crippen LogP contribution in [-0.2, 0) is 24.3 Å². The number of hydrogen-bond donors (Lipinski definition) is 0. The van der Waals surface area contributed by atoms with Crippen LogP contribution in [-0.4, -0.2) is 49.7 Å². The molecule has 1 saturated heterocycles. The van der Waals surface area contributed by atoms with Gasteiger partial charge in [-0.2, -0.15) is 4.31 Å². The molecule has 1 unspecified atom stereocenters. The molecule has 0 saturated carbocycles. The Bertz CT molecular complexity index is 1310. The number of esters is 1. The summed E-state index contributed by atoms with van der Waals surface area (Å²) in [6.07, 6.45) is 6.43. The minimum absolute atomic E-state index is 0.0609. The number of carbonyl (C=O) groups is 3. The summed E-state index contributed by atoms with van der Waals surface area (Å²) in [4.78, 5) is 39.6. The van der Waals surface area contributed by atoms with Gasteiger partial charge in [0.05, 0.1) is 29.2 Å². The highest BCUT2D eigenvalue weighted by molar-refractivity contribution is 9.10. The van der Waals surface area contributed by atoms with Crippen LogP contribution in [0.4, 0.5) is 5.69 Å². The summed E-state index contributed by atoms with van der Waals surface area (Å²) in [5, 5.41) is 0. The number of benzene rings is 2. The average molecular weight is 590 g/mol. The van der Waals surface area contributed by atoms with E-state index in [1.807, 2.05) is 0 Å². The summed E-state index contributed by atoms with van der Waals surface area (Å²) in [5.74, 6) is -1.60. The minimum Gasteiger partial charge on any atom is -0.462 e. The highest BCUT2D eigenvalue weighted by Gasteiger charge is 2.46. The first-order valence-corrected chi connectivity index (χ1v) is 14.5. The van der Waals surface area contributed by atoms with Gasteiger partial charge in [-0.25, -0.2) is 18.1 Å². The normalized spacial score (nSPS) is 18.3. The van der Waals surface area contributed by atoms with E-state index in [9.17, 15) is 22.8 Å². The van der Waals surface area contributed by atoms with Crippen LogP contribution >= 0.6 is 15.9 Å². The number of anilines is 1. The lowest BCUT2D eigenvalue weighted by Crippen LogP contribution is -2.46. The topological polar surface area (TPSA) is 101 Å². The molecule has 2 aromatic rings. The predicted octanol–water partition coefficient (Wildman–Crippen LogP) is 4.84. The monoisotopic (exact) mass is 588 g/mol. The Morgan fingerprint density at radius 3 is 2.41 bits per heavy atom. The van der Waals surface area contributed by atoms with Crippen LogP contribution in [0.2, 0.25) is 0 Å². The van der Waals surface area contributed by atoms with E-state index in [2.05, 4.69) is 22.0 Å². The van der Waals surface area contributed by atoms with Crippen molar-refractivity contribution in [3.8, 4) is 0 Å². The van der Waals surface area contributed by atoms with Gasteiger partial charge in [-0.3, -0.25) is 9.59 Å². The molecule has 0 spiro atoms. The molecule has 2 amide bonds.